The molecule has 0 spiro atoms. The minimum absolute atomic E-state index is 0.150. The third-order valence-corrected chi connectivity index (χ3v) is 4.21. The molecule has 2 aromatic rings. The van der Waals surface area contributed by atoms with Crippen LogP contribution in [0.25, 0.3) is 9.65 Å². The van der Waals surface area contributed by atoms with Crippen LogP contribution >= 0.6 is 0 Å². The van der Waals surface area contributed by atoms with Crippen LogP contribution in [-0.2, 0) is 0 Å². The molecule has 0 saturated carbocycles. The second-order valence-electron chi connectivity index (χ2n) is 2.71. The van der Waals surface area contributed by atoms with Gasteiger partial charge in [-0.25, -0.2) is 0 Å². The number of rotatable bonds is 0. The van der Waals surface area contributed by atoms with Crippen molar-refractivity contribution < 1.29 is 4.79 Å². The molecule has 0 aliphatic carbocycles. The average molecular weight is 240 g/mol. The van der Waals surface area contributed by atoms with Crippen LogP contribution in [0.3, 0.4) is 0 Å². The fourth-order valence-electron chi connectivity index (χ4n) is 1.18. The summed E-state index contributed by atoms with van der Waals surface area (Å²) in [6.45, 7) is 1.42. The first-order valence-corrected chi connectivity index (χ1v) is 5.44. The topological polar surface area (TPSA) is 39.1 Å². The quantitative estimate of drug-likeness (QED) is 0.636. The molecular weight excluding hydrogens is 233 g/mol. The Morgan fingerprint density at radius 2 is 2.08 bits per heavy atom. The minimum atomic E-state index is -0.166. The average Bonchev–Trinajstić information content (AvgIpc) is 2.45. The van der Waals surface area contributed by atoms with Gasteiger partial charge in [0.25, 0.3) is 0 Å². The van der Waals surface area contributed by atoms with Crippen LogP contribution in [0.15, 0.2) is 29.1 Å². The molecule has 1 aromatic carbocycles. The van der Waals surface area contributed by atoms with E-state index in [1.54, 1.807) is 6.07 Å². The van der Waals surface area contributed by atoms with E-state index in [0.29, 0.717) is 5.39 Å². The molecule has 1 aromatic heterocycles. The van der Waals surface area contributed by atoms with Crippen LogP contribution in [0.5, 0.6) is 0 Å². The maximum atomic E-state index is 11.6. The van der Waals surface area contributed by atoms with Crippen molar-refractivity contribution in [2.45, 2.75) is 6.92 Å². The summed E-state index contributed by atoms with van der Waals surface area (Å²) < 4.78 is 2.31. The van der Waals surface area contributed by atoms with Crippen molar-refractivity contribution in [3.63, 3.8) is 0 Å². The first-order valence-electron chi connectivity index (χ1n) is 3.82. The fraction of sp³-hybridized carbons (Fsp3) is 0.111. The van der Waals surface area contributed by atoms with E-state index in [0.717, 1.165) is 4.26 Å². The molecule has 0 amide bonds. The second-order valence-corrected chi connectivity index (χ2v) is 4.78. The van der Waals surface area contributed by atoms with E-state index >= 15 is 0 Å². The number of hydrogen-bond acceptors (Lipinski definition) is 2. The van der Waals surface area contributed by atoms with E-state index in [1.807, 2.05) is 18.2 Å². The van der Waals surface area contributed by atoms with Crippen molar-refractivity contribution in [2.24, 2.45) is 0 Å². The molecule has 0 unspecified atom stereocenters. The van der Waals surface area contributed by atoms with Crippen LogP contribution in [-0.4, -0.2) is 24.2 Å². The van der Waals surface area contributed by atoms with Crippen molar-refractivity contribution in [3.05, 3.63) is 34.6 Å². The van der Waals surface area contributed by atoms with Crippen LogP contribution in [0.4, 0.5) is 0 Å². The number of carbonyl (C=O) groups excluding carboxylic acids is 1. The van der Waals surface area contributed by atoms with Gasteiger partial charge in [-0.05, 0) is 0 Å². The number of fused-ring (bicyclic) bond motifs is 1. The maximum absolute atomic E-state index is 11.6. The van der Waals surface area contributed by atoms with E-state index in [2.05, 4.69) is 0 Å². The first-order chi connectivity index (χ1) is 6.20. The molecule has 66 valence electrons. The number of nitrogens with zero attached hydrogens (tertiary/aromatic N) is 1. The van der Waals surface area contributed by atoms with Gasteiger partial charge >= 0.3 is 80.2 Å². The predicted molar refractivity (Wildman–Crippen MR) is 51.4 cm³/mol. The Morgan fingerprint density at radius 1 is 1.38 bits per heavy atom. The third kappa shape index (κ3) is 1.28. The summed E-state index contributed by atoms with van der Waals surface area (Å²) in [4.78, 5) is 22.6. The third-order valence-electron chi connectivity index (χ3n) is 1.78. The normalized spacial score (nSPS) is 10.5. The summed E-state index contributed by atoms with van der Waals surface area (Å²) in [5.41, 5.74) is -0.150. The Bertz CT molecular complexity index is 524. The molecule has 0 fully saturated rings. The van der Waals surface area contributed by atoms with Gasteiger partial charge in [-0.1, -0.05) is 0 Å². The predicted octanol–water partition coefficient (Wildman–Crippen LogP) is 0.719. The zero-order valence-corrected chi connectivity index (χ0v) is 8.69. The Kier molecular flexibility index (Phi) is 1.94. The Hall–Kier alpha value is -1.12. The Morgan fingerprint density at radius 3 is 2.69 bits per heavy atom. The van der Waals surface area contributed by atoms with Crippen molar-refractivity contribution in [2.75, 3.05) is 0 Å². The molecule has 0 atom stereocenters. The van der Waals surface area contributed by atoms with Gasteiger partial charge in [0.15, 0.2) is 0 Å². The monoisotopic (exact) mass is 241 g/mol. The van der Waals surface area contributed by atoms with Gasteiger partial charge in [-0.2, -0.15) is 0 Å². The van der Waals surface area contributed by atoms with Gasteiger partial charge in [0, 0.05) is 0 Å². The summed E-state index contributed by atoms with van der Waals surface area (Å²) in [6.07, 6.45) is 0. The SMILES string of the molecule is CC(=O)n1[se]c2ccccc2c1=O. The van der Waals surface area contributed by atoms with Crippen LogP contribution in [0, 0.1) is 0 Å². The molecule has 4 heteroatoms. The van der Waals surface area contributed by atoms with Crippen molar-refractivity contribution in [1.82, 2.24) is 3.56 Å². The van der Waals surface area contributed by atoms with Crippen LogP contribution < -0.4 is 5.56 Å². The summed E-state index contributed by atoms with van der Waals surface area (Å²) in [6, 6.07) is 7.37. The number of benzene rings is 1. The van der Waals surface area contributed by atoms with Crippen molar-refractivity contribution in [1.29, 1.82) is 0 Å². The molecule has 0 radical (unpaired) electrons. The van der Waals surface area contributed by atoms with E-state index < -0.39 is 0 Å². The fourth-order valence-corrected chi connectivity index (χ4v) is 3.07. The molecule has 0 aliphatic heterocycles. The van der Waals surface area contributed by atoms with Crippen molar-refractivity contribution >= 4 is 30.3 Å². The van der Waals surface area contributed by atoms with Gasteiger partial charge in [0.05, 0.1) is 0 Å². The van der Waals surface area contributed by atoms with Gasteiger partial charge in [0.1, 0.15) is 0 Å². The van der Waals surface area contributed by atoms with Crippen molar-refractivity contribution in [3.8, 4) is 0 Å². The number of hydrogen-bond donors (Lipinski definition) is 0. The van der Waals surface area contributed by atoms with Gasteiger partial charge in [0.2, 0.25) is 0 Å². The summed E-state index contributed by atoms with van der Waals surface area (Å²) in [5, 5.41) is 0.678. The Labute approximate surface area is 80.6 Å². The second kappa shape index (κ2) is 2.98. The molecular formula is C9H7NO2Se. The van der Waals surface area contributed by atoms with E-state index in [4.69, 9.17) is 0 Å². The molecule has 0 bridgehead atoms. The standard InChI is InChI=1S/C9H7NO2Se/c1-6(11)10-9(12)7-4-2-3-5-8(7)13-10/h2-5H,1H3. The summed E-state index contributed by atoms with van der Waals surface area (Å²) in [5.74, 6) is -0.166. The Balaban J connectivity index is 2.90. The number of carbonyl (C=O) groups is 1. The zero-order chi connectivity index (χ0) is 9.42. The zero-order valence-electron chi connectivity index (χ0n) is 6.98. The van der Waals surface area contributed by atoms with Gasteiger partial charge in [-0.15, -0.1) is 0 Å². The van der Waals surface area contributed by atoms with E-state index in [1.165, 1.54) is 10.5 Å². The molecule has 0 aliphatic rings. The van der Waals surface area contributed by atoms with Crippen LogP contribution in [0.2, 0.25) is 0 Å². The first kappa shape index (κ1) is 8.48. The molecule has 2 rings (SSSR count). The summed E-state index contributed by atoms with van der Waals surface area (Å²) >= 11 is -0.153. The molecule has 13 heavy (non-hydrogen) atoms. The summed E-state index contributed by atoms with van der Waals surface area (Å²) in [7, 11) is 0. The van der Waals surface area contributed by atoms with E-state index in [-0.39, 0.29) is 26.2 Å². The molecule has 0 saturated heterocycles. The van der Waals surface area contributed by atoms with Gasteiger partial charge < -0.3 is 0 Å². The molecule has 1 heterocycles. The van der Waals surface area contributed by atoms with E-state index in [9.17, 15) is 9.59 Å². The molecule has 0 N–H and O–H groups in total. The van der Waals surface area contributed by atoms with Crippen LogP contribution in [0.1, 0.15) is 11.7 Å². The number of aromatic nitrogens is 1. The van der Waals surface area contributed by atoms with Gasteiger partial charge in [-0.3, -0.25) is 0 Å². The molecule has 3 nitrogen and oxygen atoms in total.